The maximum absolute atomic E-state index is 6.41. The Morgan fingerprint density at radius 3 is 1.77 bits per heavy atom. The molecule has 2 aliphatic heterocycles. The van der Waals surface area contributed by atoms with Crippen LogP contribution in [0.3, 0.4) is 0 Å². The van der Waals surface area contributed by atoms with Crippen LogP contribution in [0.4, 0.5) is 0 Å². The number of hydrogen-bond acceptors (Lipinski definition) is 4. The molecular formula is C49H36N6O. The second kappa shape index (κ2) is 14.0. The number of benzene rings is 4. The summed E-state index contributed by atoms with van der Waals surface area (Å²) in [5.74, 6) is 1.52. The van der Waals surface area contributed by atoms with E-state index in [4.69, 9.17) is 14.7 Å². The van der Waals surface area contributed by atoms with E-state index in [1.165, 1.54) is 0 Å². The number of rotatable bonds is 7. The van der Waals surface area contributed by atoms with E-state index >= 15 is 0 Å². The Labute approximate surface area is 323 Å². The van der Waals surface area contributed by atoms with Crippen LogP contribution in [0.2, 0.25) is 0 Å². The molecule has 2 aliphatic rings. The maximum Gasteiger partial charge on any atom is 0.153 e. The summed E-state index contributed by atoms with van der Waals surface area (Å²) < 4.78 is 6.41. The van der Waals surface area contributed by atoms with Gasteiger partial charge >= 0.3 is 0 Å². The first kappa shape index (κ1) is 33.1. The topological polar surface area (TPSA) is 95.3 Å². The Hall–Kier alpha value is -7.51. The van der Waals surface area contributed by atoms with E-state index in [0.717, 1.165) is 101 Å². The largest absolute Gasteiger partial charge is 0.483 e. The summed E-state index contributed by atoms with van der Waals surface area (Å²) in [4.78, 5) is 25.9. The van der Waals surface area contributed by atoms with Crippen LogP contribution in [-0.4, -0.2) is 29.9 Å². The van der Waals surface area contributed by atoms with Crippen LogP contribution in [0.15, 0.2) is 152 Å². The number of fused-ring (bicyclic) bond motifs is 8. The lowest BCUT2D eigenvalue weighted by molar-refractivity contribution is 0.217. The van der Waals surface area contributed by atoms with E-state index in [-0.39, 0.29) is 6.10 Å². The fourth-order valence-corrected chi connectivity index (χ4v) is 7.68. The standard InChI is InChI=1S/C49H36N6O/c1-31(49-50-26-27-51-49)56-38-19-11-18-35(28-38)39-30-37-29-36-20-21-40(52-36)45(32-12-5-2-6-13-32)41-22-23-42(54-41)46(33-14-7-3-8-15-33)43-24-25-44(55-43)47(48(39)53-37)34-16-9-4-10-17-34/h2-31,53-54H,1H3,(H,50,51). The van der Waals surface area contributed by atoms with Gasteiger partial charge in [0, 0.05) is 51.2 Å². The van der Waals surface area contributed by atoms with Gasteiger partial charge < -0.3 is 19.7 Å². The van der Waals surface area contributed by atoms with Crippen molar-refractivity contribution in [1.29, 1.82) is 0 Å². The molecule has 8 bridgehead atoms. The number of nitrogens with one attached hydrogen (secondary N) is 3. The monoisotopic (exact) mass is 724 g/mol. The average molecular weight is 725 g/mol. The van der Waals surface area contributed by atoms with E-state index in [2.05, 4.69) is 153 Å². The third-order valence-electron chi connectivity index (χ3n) is 10.2. The van der Waals surface area contributed by atoms with Gasteiger partial charge in [-0.25, -0.2) is 15.0 Å². The molecule has 7 nitrogen and oxygen atoms in total. The summed E-state index contributed by atoms with van der Waals surface area (Å²) in [5, 5.41) is 0. The Kier molecular flexibility index (Phi) is 8.30. The van der Waals surface area contributed by atoms with Gasteiger partial charge in [0.05, 0.1) is 28.3 Å². The maximum atomic E-state index is 6.41. The third kappa shape index (κ3) is 6.21. The van der Waals surface area contributed by atoms with Gasteiger partial charge in [0.25, 0.3) is 0 Å². The number of ether oxygens (including phenoxy) is 1. The normalized spacial score (nSPS) is 12.5. The fourth-order valence-electron chi connectivity index (χ4n) is 7.68. The highest BCUT2D eigenvalue weighted by molar-refractivity contribution is 6.01. The van der Waals surface area contributed by atoms with Crippen LogP contribution >= 0.6 is 0 Å². The minimum absolute atomic E-state index is 0.253. The van der Waals surface area contributed by atoms with Gasteiger partial charge in [-0.2, -0.15) is 0 Å². The molecule has 0 saturated heterocycles. The molecule has 56 heavy (non-hydrogen) atoms. The molecule has 0 saturated carbocycles. The fraction of sp³-hybridized carbons (Fsp3) is 0.0408. The molecule has 1 unspecified atom stereocenters. The molecule has 0 fully saturated rings. The first-order valence-corrected chi connectivity index (χ1v) is 18.7. The summed E-state index contributed by atoms with van der Waals surface area (Å²) >= 11 is 0. The lowest BCUT2D eigenvalue weighted by Gasteiger charge is -2.13. The minimum atomic E-state index is -0.253. The summed E-state index contributed by atoms with van der Waals surface area (Å²) in [6.45, 7) is 1.99. The summed E-state index contributed by atoms with van der Waals surface area (Å²) in [6.07, 6.45) is 11.7. The predicted octanol–water partition coefficient (Wildman–Crippen LogP) is 12.2. The zero-order valence-electron chi connectivity index (χ0n) is 30.6. The molecule has 7 heteroatoms. The van der Waals surface area contributed by atoms with Gasteiger partial charge in [-0.1, -0.05) is 103 Å². The quantitative estimate of drug-likeness (QED) is 0.152. The zero-order chi connectivity index (χ0) is 37.4. The van der Waals surface area contributed by atoms with Gasteiger partial charge in [-0.15, -0.1) is 0 Å². The molecule has 6 heterocycles. The number of nitrogens with zero attached hydrogens (tertiary/aromatic N) is 3. The third-order valence-corrected chi connectivity index (χ3v) is 10.2. The van der Waals surface area contributed by atoms with Crippen LogP contribution in [0, 0.1) is 0 Å². The number of imidazole rings is 1. The Balaban J connectivity index is 1.30. The molecule has 4 aromatic carbocycles. The average Bonchev–Trinajstić information content (AvgIpc) is 4.10. The zero-order valence-corrected chi connectivity index (χ0v) is 30.6. The van der Waals surface area contributed by atoms with E-state index in [1.54, 1.807) is 6.20 Å². The minimum Gasteiger partial charge on any atom is -0.483 e. The van der Waals surface area contributed by atoms with Crippen LogP contribution in [-0.2, 0) is 0 Å². The first-order chi connectivity index (χ1) is 27.6. The highest BCUT2D eigenvalue weighted by atomic mass is 16.5. The van der Waals surface area contributed by atoms with Crippen molar-refractivity contribution in [1.82, 2.24) is 29.9 Å². The van der Waals surface area contributed by atoms with Crippen LogP contribution < -0.4 is 4.74 Å². The van der Waals surface area contributed by atoms with Crippen molar-refractivity contribution in [2.75, 3.05) is 0 Å². The number of H-pyrrole nitrogens is 3. The highest BCUT2D eigenvalue weighted by Gasteiger charge is 2.19. The molecule has 0 aliphatic carbocycles. The van der Waals surface area contributed by atoms with Crippen molar-refractivity contribution in [3.05, 3.63) is 181 Å². The molecule has 1 atom stereocenters. The van der Waals surface area contributed by atoms with Crippen molar-refractivity contribution >= 4 is 46.4 Å². The van der Waals surface area contributed by atoms with Crippen molar-refractivity contribution in [2.24, 2.45) is 0 Å². The highest BCUT2D eigenvalue weighted by Crippen LogP contribution is 2.40. The molecule has 0 radical (unpaired) electrons. The van der Waals surface area contributed by atoms with Crippen molar-refractivity contribution in [3.63, 3.8) is 0 Å². The summed E-state index contributed by atoms with van der Waals surface area (Å²) in [5.41, 5.74) is 15.5. The van der Waals surface area contributed by atoms with Crippen molar-refractivity contribution < 1.29 is 4.74 Å². The SMILES string of the molecule is CC(Oc1cccc(-c2cc3cc4nc(c(-c5ccccc5)c5ccc([nH]5)c(-c5ccccc5)c5nc(c(-c6ccccc6)c2[nH]3)C=C5)C=C4)c1)c1ncc[nH]1. The smallest absolute Gasteiger partial charge is 0.153 e. The first-order valence-electron chi connectivity index (χ1n) is 18.7. The molecule has 8 aromatic rings. The second-order valence-corrected chi connectivity index (χ2v) is 13.9. The van der Waals surface area contributed by atoms with Crippen molar-refractivity contribution in [3.8, 4) is 50.3 Å². The Morgan fingerprint density at radius 2 is 1.12 bits per heavy atom. The van der Waals surface area contributed by atoms with Gasteiger partial charge in [-0.3, -0.25) is 0 Å². The molecule has 0 spiro atoms. The van der Waals surface area contributed by atoms with Crippen LogP contribution in [0.25, 0.3) is 90.9 Å². The number of hydrogen-bond donors (Lipinski definition) is 3. The van der Waals surface area contributed by atoms with E-state index in [9.17, 15) is 0 Å². The number of aromatic amines is 3. The molecule has 4 aromatic heterocycles. The molecule has 268 valence electrons. The molecule has 0 amide bonds. The van der Waals surface area contributed by atoms with Gasteiger partial charge in [0.2, 0.25) is 0 Å². The predicted molar refractivity (Wildman–Crippen MR) is 228 cm³/mol. The molecule has 10 rings (SSSR count). The van der Waals surface area contributed by atoms with E-state index in [0.29, 0.717) is 0 Å². The van der Waals surface area contributed by atoms with Gasteiger partial charge in [0.1, 0.15) is 11.6 Å². The van der Waals surface area contributed by atoms with E-state index < -0.39 is 0 Å². The molecular weight excluding hydrogens is 689 g/mol. The van der Waals surface area contributed by atoms with E-state index in [1.807, 2.05) is 43.5 Å². The lowest BCUT2D eigenvalue weighted by Crippen LogP contribution is -2.04. The molecule has 3 N–H and O–H groups in total. The van der Waals surface area contributed by atoms with Crippen molar-refractivity contribution in [2.45, 2.75) is 13.0 Å². The van der Waals surface area contributed by atoms with Crippen LogP contribution in [0.1, 0.15) is 41.6 Å². The second-order valence-electron chi connectivity index (χ2n) is 13.9. The Morgan fingerprint density at radius 1 is 0.536 bits per heavy atom. The lowest BCUT2D eigenvalue weighted by atomic mass is 9.99. The Bertz CT molecular complexity index is 2940. The van der Waals surface area contributed by atoms with Gasteiger partial charge in [-0.05, 0) is 89.9 Å². The van der Waals surface area contributed by atoms with Gasteiger partial charge in [0.15, 0.2) is 6.10 Å². The van der Waals surface area contributed by atoms with Crippen LogP contribution in [0.5, 0.6) is 5.75 Å². The number of aromatic nitrogens is 6. The summed E-state index contributed by atoms with van der Waals surface area (Å²) in [6, 6.07) is 48.3. The summed E-state index contributed by atoms with van der Waals surface area (Å²) in [7, 11) is 0.